The van der Waals surface area contributed by atoms with Crippen molar-refractivity contribution in [2.75, 3.05) is 7.11 Å². The highest BCUT2D eigenvalue weighted by Crippen LogP contribution is 2.17. The first-order valence-corrected chi connectivity index (χ1v) is 3.97. The number of hydrogen-bond acceptors (Lipinski definition) is 2. The van der Waals surface area contributed by atoms with Gasteiger partial charge < -0.3 is 9.72 Å². The zero-order valence-corrected chi connectivity index (χ0v) is 8.43. The molecule has 0 fully saturated rings. The summed E-state index contributed by atoms with van der Waals surface area (Å²) >= 11 is 0. The normalized spacial score (nSPS) is 9.50. The van der Waals surface area contributed by atoms with Gasteiger partial charge in [-0.05, 0) is 6.07 Å². The van der Waals surface area contributed by atoms with Gasteiger partial charge >= 0.3 is 5.97 Å². The van der Waals surface area contributed by atoms with Crippen LogP contribution >= 0.6 is 12.4 Å². The van der Waals surface area contributed by atoms with Gasteiger partial charge in [0, 0.05) is 17.1 Å². The number of carbonyl (C=O) groups excluding carboxylic acids is 1. The lowest BCUT2D eigenvalue weighted by Crippen LogP contribution is -1.99. The van der Waals surface area contributed by atoms with E-state index in [4.69, 9.17) is 0 Å². The number of ether oxygens (including phenoxy) is 1. The summed E-state index contributed by atoms with van der Waals surface area (Å²) in [5.74, 6) is -0.308. The average Bonchev–Trinajstić information content (AvgIpc) is 2.60. The number of halogens is 1. The fourth-order valence-corrected chi connectivity index (χ4v) is 1.35. The quantitative estimate of drug-likeness (QED) is 0.736. The second-order valence-corrected chi connectivity index (χ2v) is 2.74. The van der Waals surface area contributed by atoms with Gasteiger partial charge in [-0.25, -0.2) is 4.79 Å². The Balaban J connectivity index is 0.000000980. The first kappa shape index (κ1) is 10.6. The molecule has 0 amide bonds. The number of rotatable bonds is 1. The molecule has 0 unspecified atom stereocenters. The Kier molecular flexibility index (Phi) is 3.14. The third-order valence-electron chi connectivity index (χ3n) is 1.99. The van der Waals surface area contributed by atoms with E-state index in [0.29, 0.717) is 5.56 Å². The third-order valence-corrected chi connectivity index (χ3v) is 1.99. The van der Waals surface area contributed by atoms with Crippen molar-refractivity contribution < 1.29 is 9.53 Å². The van der Waals surface area contributed by atoms with Gasteiger partial charge in [0.1, 0.15) is 0 Å². The molecule has 0 saturated carbocycles. The summed E-state index contributed by atoms with van der Waals surface area (Å²) in [5, 5.41) is 0.898. The Bertz CT molecular complexity index is 450. The first-order valence-electron chi connectivity index (χ1n) is 3.97. The molecule has 74 valence electrons. The molecular weight excluding hydrogens is 202 g/mol. The molecule has 1 aromatic carbocycles. The highest BCUT2D eigenvalue weighted by atomic mass is 35.5. The van der Waals surface area contributed by atoms with Gasteiger partial charge in [0.15, 0.2) is 0 Å². The molecule has 1 heterocycles. The summed E-state index contributed by atoms with van der Waals surface area (Å²) in [6.45, 7) is 0. The molecular formula is C10H10ClNO2. The maximum atomic E-state index is 11.2. The number of aromatic amines is 1. The van der Waals surface area contributed by atoms with Gasteiger partial charge in [0.2, 0.25) is 0 Å². The van der Waals surface area contributed by atoms with Crippen molar-refractivity contribution in [1.29, 1.82) is 0 Å². The Labute approximate surface area is 87.5 Å². The molecule has 1 N–H and O–H groups in total. The van der Waals surface area contributed by atoms with Crippen molar-refractivity contribution in [3.05, 3.63) is 36.0 Å². The monoisotopic (exact) mass is 211 g/mol. The number of methoxy groups -OCH3 is 1. The number of nitrogens with one attached hydrogen (secondary N) is 1. The standard InChI is InChI=1S/C10H9NO2.ClH/c1-13-10(12)8-6-11-9-5-3-2-4-7(8)9;/h2-6,11H,1H3;1H. The molecule has 14 heavy (non-hydrogen) atoms. The Morgan fingerprint density at radius 1 is 1.36 bits per heavy atom. The van der Waals surface area contributed by atoms with Crippen LogP contribution in [0.15, 0.2) is 30.5 Å². The van der Waals surface area contributed by atoms with E-state index in [2.05, 4.69) is 9.72 Å². The highest BCUT2D eigenvalue weighted by Gasteiger charge is 2.10. The Hall–Kier alpha value is -1.48. The summed E-state index contributed by atoms with van der Waals surface area (Å²) in [4.78, 5) is 14.2. The fourth-order valence-electron chi connectivity index (χ4n) is 1.35. The minimum atomic E-state index is -0.308. The smallest absolute Gasteiger partial charge is 0.340 e. The van der Waals surface area contributed by atoms with E-state index in [9.17, 15) is 4.79 Å². The zero-order valence-electron chi connectivity index (χ0n) is 7.61. The highest BCUT2D eigenvalue weighted by molar-refractivity contribution is 6.03. The number of aromatic nitrogens is 1. The first-order chi connectivity index (χ1) is 6.33. The van der Waals surface area contributed by atoms with Crippen LogP contribution in [-0.4, -0.2) is 18.1 Å². The van der Waals surface area contributed by atoms with Crippen LogP contribution in [0.1, 0.15) is 10.4 Å². The molecule has 0 radical (unpaired) electrons. The fraction of sp³-hybridized carbons (Fsp3) is 0.100. The van der Waals surface area contributed by atoms with Crippen LogP contribution < -0.4 is 0 Å². The molecule has 3 nitrogen and oxygen atoms in total. The van der Waals surface area contributed by atoms with E-state index in [1.54, 1.807) is 6.20 Å². The van der Waals surface area contributed by atoms with Crippen LogP contribution in [0.2, 0.25) is 0 Å². The van der Waals surface area contributed by atoms with Crippen molar-refractivity contribution in [3.8, 4) is 0 Å². The van der Waals surface area contributed by atoms with E-state index in [1.807, 2.05) is 24.3 Å². The summed E-state index contributed by atoms with van der Waals surface area (Å²) in [7, 11) is 1.38. The van der Waals surface area contributed by atoms with Crippen molar-refractivity contribution >= 4 is 29.3 Å². The lowest BCUT2D eigenvalue weighted by Gasteiger charge is -1.95. The average molecular weight is 212 g/mol. The second-order valence-electron chi connectivity index (χ2n) is 2.74. The lowest BCUT2D eigenvalue weighted by molar-refractivity contribution is 0.0603. The third kappa shape index (κ3) is 1.59. The summed E-state index contributed by atoms with van der Waals surface area (Å²) in [6.07, 6.45) is 1.66. The summed E-state index contributed by atoms with van der Waals surface area (Å²) in [5.41, 5.74) is 1.53. The number of benzene rings is 1. The van der Waals surface area contributed by atoms with E-state index in [-0.39, 0.29) is 18.4 Å². The van der Waals surface area contributed by atoms with Gasteiger partial charge in [0.25, 0.3) is 0 Å². The largest absolute Gasteiger partial charge is 0.465 e. The molecule has 2 rings (SSSR count). The molecule has 0 atom stereocenters. The molecule has 0 aliphatic rings. The van der Waals surface area contributed by atoms with Crippen LogP contribution in [0.25, 0.3) is 10.9 Å². The van der Waals surface area contributed by atoms with Gasteiger partial charge in [-0.1, -0.05) is 18.2 Å². The lowest BCUT2D eigenvalue weighted by atomic mass is 10.2. The maximum Gasteiger partial charge on any atom is 0.340 e. The van der Waals surface area contributed by atoms with Crippen molar-refractivity contribution in [3.63, 3.8) is 0 Å². The molecule has 0 aliphatic carbocycles. The van der Waals surface area contributed by atoms with Crippen molar-refractivity contribution in [2.45, 2.75) is 0 Å². The molecule has 4 heteroatoms. The van der Waals surface area contributed by atoms with E-state index >= 15 is 0 Å². The Morgan fingerprint density at radius 3 is 2.79 bits per heavy atom. The van der Waals surface area contributed by atoms with E-state index < -0.39 is 0 Å². The number of carbonyl (C=O) groups is 1. The molecule has 0 aliphatic heterocycles. The minimum Gasteiger partial charge on any atom is -0.465 e. The molecule has 0 bridgehead atoms. The molecule has 2 aromatic rings. The van der Waals surface area contributed by atoms with Crippen molar-refractivity contribution in [2.24, 2.45) is 0 Å². The number of hydrogen-bond donors (Lipinski definition) is 1. The van der Waals surface area contributed by atoms with Crippen molar-refractivity contribution in [1.82, 2.24) is 4.98 Å². The number of para-hydroxylation sites is 1. The number of fused-ring (bicyclic) bond motifs is 1. The van der Waals surface area contributed by atoms with Crippen LogP contribution in [0.5, 0.6) is 0 Å². The molecule has 1 aromatic heterocycles. The van der Waals surface area contributed by atoms with Crippen LogP contribution in [0.4, 0.5) is 0 Å². The molecule has 0 saturated heterocycles. The zero-order chi connectivity index (χ0) is 9.26. The topological polar surface area (TPSA) is 42.1 Å². The Morgan fingerprint density at radius 2 is 2.07 bits per heavy atom. The van der Waals surface area contributed by atoms with Gasteiger partial charge in [-0.2, -0.15) is 0 Å². The van der Waals surface area contributed by atoms with Gasteiger partial charge in [-0.15, -0.1) is 12.4 Å². The van der Waals surface area contributed by atoms with Gasteiger partial charge in [-0.3, -0.25) is 0 Å². The minimum absolute atomic E-state index is 0. The van der Waals surface area contributed by atoms with Crippen LogP contribution in [-0.2, 0) is 4.74 Å². The number of esters is 1. The predicted octanol–water partition coefficient (Wildman–Crippen LogP) is 2.38. The SMILES string of the molecule is COC(=O)c1c[nH]c2ccccc12.Cl. The maximum absolute atomic E-state index is 11.2. The van der Waals surface area contributed by atoms with Crippen LogP contribution in [0, 0.1) is 0 Å². The van der Waals surface area contributed by atoms with Gasteiger partial charge in [0.05, 0.1) is 12.7 Å². The summed E-state index contributed by atoms with van der Waals surface area (Å²) in [6, 6.07) is 7.61. The van der Waals surface area contributed by atoms with E-state index in [0.717, 1.165) is 10.9 Å². The number of H-pyrrole nitrogens is 1. The van der Waals surface area contributed by atoms with E-state index in [1.165, 1.54) is 7.11 Å². The molecule has 0 spiro atoms. The van der Waals surface area contributed by atoms with Crippen LogP contribution in [0.3, 0.4) is 0 Å². The summed E-state index contributed by atoms with van der Waals surface area (Å²) < 4.78 is 4.64. The second kappa shape index (κ2) is 4.15. The predicted molar refractivity (Wildman–Crippen MR) is 56.9 cm³/mol.